The van der Waals surface area contributed by atoms with Gasteiger partial charge in [-0.15, -0.1) is 0 Å². The summed E-state index contributed by atoms with van der Waals surface area (Å²) in [5, 5.41) is 76.6. The van der Waals surface area contributed by atoms with Crippen LogP contribution in [0.5, 0.6) is 0 Å². The molecule has 0 aliphatic carbocycles. The molecule has 0 aromatic rings. The van der Waals surface area contributed by atoms with Crippen molar-refractivity contribution in [1.29, 1.82) is 0 Å². The minimum atomic E-state index is -1.66. The van der Waals surface area contributed by atoms with Crippen LogP contribution in [-0.2, 0) is 14.3 Å². The van der Waals surface area contributed by atoms with Crippen molar-refractivity contribution < 1.29 is 50.0 Å². The van der Waals surface area contributed by atoms with E-state index < -0.39 is 74.2 Å². The van der Waals surface area contributed by atoms with Gasteiger partial charge in [-0.1, -0.05) is 334 Å². The van der Waals surface area contributed by atoms with Crippen molar-refractivity contribution >= 4 is 5.91 Å². The predicted octanol–water partition coefficient (Wildman–Crippen LogP) is 17.2. The van der Waals surface area contributed by atoms with Crippen LogP contribution in [0.2, 0.25) is 0 Å². The van der Waals surface area contributed by atoms with E-state index in [9.17, 15) is 40.5 Å². The maximum atomic E-state index is 13.3. The molecule has 1 saturated heterocycles. The molecule has 82 heavy (non-hydrogen) atoms. The number of hydrogen-bond donors (Lipinski definition) is 8. The molecule has 1 heterocycles. The zero-order chi connectivity index (χ0) is 59.6. The van der Waals surface area contributed by atoms with E-state index in [1.807, 2.05) is 0 Å². The Balaban J connectivity index is 2.20. The number of allylic oxidation sites excluding steroid dienone is 4. The Morgan fingerprint density at radius 2 is 0.744 bits per heavy atom. The van der Waals surface area contributed by atoms with Crippen molar-refractivity contribution in [1.82, 2.24) is 5.32 Å². The van der Waals surface area contributed by atoms with Gasteiger partial charge in [0, 0.05) is 0 Å². The molecule has 0 saturated carbocycles. The van der Waals surface area contributed by atoms with E-state index in [0.717, 1.165) is 44.9 Å². The quantitative estimate of drug-likeness (QED) is 0.0215. The molecular formula is C71H137NO10. The van der Waals surface area contributed by atoms with Crippen LogP contribution in [0, 0.1) is 0 Å². The van der Waals surface area contributed by atoms with Crippen LogP contribution in [0.4, 0.5) is 0 Å². The van der Waals surface area contributed by atoms with Gasteiger partial charge in [0.1, 0.15) is 36.6 Å². The van der Waals surface area contributed by atoms with Gasteiger partial charge in [0.25, 0.3) is 0 Å². The molecule has 1 amide bonds. The van der Waals surface area contributed by atoms with Crippen LogP contribution in [-0.4, -0.2) is 110 Å². The van der Waals surface area contributed by atoms with Crippen molar-refractivity contribution in [3.05, 3.63) is 24.3 Å². The first-order chi connectivity index (χ1) is 40.2. The number of aliphatic hydroxyl groups is 7. The fourth-order valence-corrected chi connectivity index (χ4v) is 11.8. The van der Waals surface area contributed by atoms with Gasteiger partial charge in [0.05, 0.1) is 25.4 Å². The molecule has 11 nitrogen and oxygen atoms in total. The maximum absolute atomic E-state index is 13.3. The molecule has 0 aromatic carbocycles. The summed E-state index contributed by atoms with van der Waals surface area (Å²) in [6.07, 6.45) is 64.0. The van der Waals surface area contributed by atoms with Crippen LogP contribution >= 0.6 is 0 Å². The van der Waals surface area contributed by atoms with Crippen LogP contribution in [0.25, 0.3) is 0 Å². The number of carbonyl (C=O) groups is 1. The third-order valence-corrected chi connectivity index (χ3v) is 17.5. The van der Waals surface area contributed by atoms with Gasteiger partial charge < -0.3 is 50.5 Å². The second kappa shape index (κ2) is 59.9. The first-order valence-electron chi connectivity index (χ1n) is 35.7. The molecule has 11 heteroatoms. The number of aliphatic hydroxyl groups excluding tert-OH is 7. The van der Waals surface area contributed by atoms with Crippen LogP contribution < -0.4 is 5.32 Å². The zero-order valence-corrected chi connectivity index (χ0v) is 53.8. The number of ether oxygens (including phenoxy) is 2. The van der Waals surface area contributed by atoms with Gasteiger partial charge in [-0.2, -0.15) is 0 Å². The van der Waals surface area contributed by atoms with E-state index in [-0.39, 0.29) is 6.42 Å². The van der Waals surface area contributed by atoms with Gasteiger partial charge in [-0.05, 0) is 44.9 Å². The lowest BCUT2D eigenvalue weighted by molar-refractivity contribution is -0.303. The fraction of sp³-hybridized carbons (Fsp3) is 0.930. The van der Waals surface area contributed by atoms with Crippen molar-refractivity contribution in [2.75, 3.05) is 13.2 Å². The summed E-state index contributed by atoms with van der Waals surface area (Å²) < 4.78 is 11.2. The number of amides is 1. The van der Waals surface area contributed by atoms with E-state index in [1.54, 1.807) is 0 Å². The molecule has 0 radical (unpaired) electrons. The molecule has 486 valence electrons. The summed E-state index contributed by atoms with van der Waals surface area (Å²) in [5.74, 6) is -0.692. The molecule has 0 spiro atoms. The molecule has 0 aromatic heterocycles. The lowest BCUT2D eigenvalue weighted by atomic mass is 9.98. The lowest BCUT2D eigenvalue weighted by Gasteiger charge is -2.40. The van der Waals surface area contributed by atoms with Crippen LogP contribution in [0.3, 0.4) is 0 Å². The maximum Gasteiger partial charge on any atom is 0.249 e. The highest BCUT2D eigenvalue weighted by atomic mass is 16.7. The lowest BCUT2D eigenvalue weighted by Crippen LogP contribution is -2.60. The Morgan fingerprint density at radius 3 is 1.09 bits per heavy atom. The summed E-state index contributed by atoms with van der Waals surface area (Å²) in [6.45, 7) is 3.52. The molecule has 1 aliphatic rings. The molecule has 1 aliphatic heterocycles. The highest BCUT2D eigenvalue weighted by Crippen LogP contribution is 2.24. The number of unbranched alkanes of at least 4 members (excludes halogenated alkanes) is 47. The zero-order valence-electron chi connectivity index (χ0n) is 53.8. The number of hydrogen-bond acceptors (Lipinski definition) is 10. The Morgan fingerprint density at radius 1 is 0.427 bits per heavy atom. The molecule has 1 fully saturated rings. The second-order valence-electron chi connectivity index (χ2n) is 25.3. The molecule has 9 unspecified atom stereocenters. The standard InChI is InChI=1S/C71H137NO10/c1-3-5-7-9-11-13-15-17-19-21-23-25-27-29-31-33-35-37-39-41-43-45-47-49-51-53-55-57-59-64(75)70(80)72-62(61-81-71-69(79)68(78)67(77)65(60-73)82-71)66(76)63(74)58-56-54-52-50-48-46-44-42-40-38-36-34-32-30-28-26-24-22-20-18-16-14-12-10-8-6-4-2/h23,25,29,31,62-69,71,73-79H,3-22,24,26-28,30,32-61H2,1-2H3,(H,72,80)/b25-23-,31-29-. The van der Waals surface area contributed by atoms with Crippen LogP contribution in [0.15, 0.2) is 24.3 Å². The average molecular weight is 1160 g/mol. The minimum Gasteiger partial charge on any atom is -0.394 e. The molecule has 9 atom stereocenters. The summed E-state index contributed by atoms with van der Waals surface area (Å²) in [6, 6.07) is -1.17. The summed E-state index contributed by atoms with van der Waals surface area (Å²) >= 11 is 0. The first kappa shape index (κ1) is 78.6. The molecule has 1 rings (SSSR count). The normalized spacial score (nSPS) is 19.2. The number of nitrogens with one attached hydrogen (secondary N) is 1. The van der Waals surface area contributed by atoms with Crippen molar-refractivity contribution in [3.63, 3.8) is 0 Å². The topological polar surface area (TPSA) is 189 Å². The van der Waals surface area contributed by atoms with Gasteiger partial charge in [0.15, 0.2) is 6.29 Å². The average Bonchev–Trinajstić information content (AvgIpc) is 3.48. The van der Waals surface area contributed by atoms with E-state index in [2.05, 4.69) is 43.5 Å². The van der Waals surface area contributed by atoms with Crippen molar-refractivity contribution in [2.45, 2.75) is 409 Å². The smallest absolute Gasteiger partial charge is 0.249 e. The largest absolute Gasteiger partial charge is 0.394 e. The highest BCUT2D eigenvalue weighted by molar-refractivity contribution is 5.80. The molecule has 0 bridgehead atoms. The Labute approximate surface area is 505 Å². The van der Waals surface area contributed by atoms with E-state index in [4.69, 9.17) is 9.47 Å². The third-order valence-electron chi connectivity index (χ3n) is 17.5. The van der Waals surface area contributed by atoms with Gasteiger partial charge in [-0.3, -0.25) is 4.79 Å². The van der Waals surface area contributed by atoms with Crippen molar-refractivity contribution in [3.8, 4) is 0 Å². The molecule has 8 N–H and O–H groups in total. The van der Waals surface area contributed by atoms with Gasteiger partial charge >= 0.3 is 0 Å². The van der Waals surface area contributed by atoms with Crippen LogP contribution in [0.1, 0.15) is 354 Å². The SMILES string of the molecule is CCCCCCCCCCC/C=C\C/C=C\CCCCCCCCCCCCCCC(O)C(=O)NC(COC1OC(CO)C(O)C(O)C1O)C(O)C(O)CCCCCCCCCCCCCCCCCCCCCCCCCCCCC. The van der Waals surface area contributed by atoms with E-state index in [0.29, 0.717) is 19.3 Å². The third kappa shape index (κ3) is 46.8. The highest BCUT2D eigenvalue weighted by Gasteiger charge is 2.44. The Kier molecular flexibility index (Phi) is 57.4. The second-order valence-corrected chi connectivity index (χ2v) is 25.3. The fourth-order valence-electron chi connectivity index (χ4n) is 11.8. The van der Waals surface area contributed by atoms with Gasteiger partial charge in [-0.25, -0.2) is 0 Å². The Bertz CT molecular complexity index is 1380. The van der Waals surface area contributed by atoms with Gasteiger partial charge in [0.2, 0.25) is 5.91 Å². The summed E-state index contributed by atoms with van der Waals surface area (Å²) in [4.78, 5) is 13.3. The number of rotatable bonds is 63. The Hall–Kier alpha value is -1.41. The first-order valence-corrected chi connectivity index (χ1v) is 35.7. The van der Waals surface area contributed by atoms with E-state index >= 15 is 0 Å². The summed E-state index contributed by atoms with van der Waals surface area (Å²) in [5.41, 5.74) is 0. The predicted molar refractivity (Wildman–Crippen MR) is 344 cm³/mol. The summed E-state index contributed by atoms with van der Waals surface area (Å²) in [7, 11) is 0. The minimum absolute atomic E-state index is 0.261. The van der Waals surface area contributed by atoms with Crippen molar-refractivity contribution in [2.24, 2.45) is 0 Å². The monoisotopic (exact) mass is 1160 g/mol. The number of carbonyl (C=O) groups excluding carboxylic acids is 1. The van der Waals surface area contributed by atoms with E-state index in [1.165, 1.54) is 270 Å². The molecular weight excluding hydrogens is 1030 g/mol.